The van der Waals surface area contributed by atoms with E-state index in [2.05, 4.69) is 10.3 Å². The smallest absolute Gasteiger partial charge is 0.276 e. The number of carbonyl (C=O) groups is 1. The third-order valence-electron chi connectivity index (χ3n) is 4.83. The second-order valence-corrected chi connectivity index (χ2v) is 8.56. The zero-order valence-electron chi connectivity index (χ0n) is 15.5. The highest BCUT2D eigenvalue weighted by atomic mass is 32.2. The van der Waals surface area contributed by atoms with Gasteiger partial charge >= 0.3 is 0 Å². The van der Waals surface area contributed by atoms with Crippen LogP contribution >= 0.6 is 23.1 Å². The zero-order valence-corrected chi connectivity index (χ0v) is 17.1. The average molecular weight is 416 g/mol. The van der Waals surface area contributed by atoms with Crippen LogP contribution in [0.4, 0.5) is 0 Å². The Bertz CT molecular complexity index is 1040. The summed E-state index contributed by atoms with van der Waals surface area (Å²) in [6, 6.07) is 9.38. The number of methoxy groups -OCH3 is 1. The molecule has 1 aromatic carbocycles. The van der Waals surface area contributed by atoms with Crippen molar-refractivity contribution in [3.63, 3.8) is 0 Å². The van der Waals surface area contributed by atoms with Crippen molar-refractivity contribution >= 4 is 39.2 Å². The van der Waals surface area contributed by atoms with Gasteiger partial charge in [0.15, 0.2) is 5.16 Å². The Labute approximate surface area is 170 Å². The summed E-state index contributed by atoms with van der Waals surface area (Å²) in [5, 5.41) is 5.46. The van der Waals surface area contributed by atoms with Gasteiger partial charge in [0.2, 0.25) is 5.91 Å². The van der Waals surface area contributed by atoms with E-state index in [9.17, 15) is 9.59 Å². The largest absolute Gasteiger partial charge is 0.497 e. The predicted molar refractivity (Wildman–Crippen MR) is 113 cm³/mol. The monoisotopic (exact) mass is 415 g/mol. The van der Waals surface area contributed by atoms with E-state index in [0.29, 0.717) is 26.8 Å². The number of hydrogen-bond donors (Lipinski definition) is 1. The van der Waals surface area contributed by atoms with Gasteiger partial charge in [0.25, 0.3) is 5.56 Å². The lowest BCUT2D eigenvalue weighted by Gasteiger charge is -2.14. The molecule has 0 aliphatic heterocycles. The summed E-state index contributed by atoms with van der Waals surface area (Å²) in [6.07, 6.45) is 4.44. The summed E-state index contributed by atoms with van der Waals surface area (Å²) >= 11 is 2.66. The molecule has 146 valence electrons. The highest BCUT2D eigenvalue weighted by Crippen LogP contribution is 2.25. The van der Waals surface area contributed by atoms with Gasteiger partial charge in [-0.2, -0.15) is 0 Å². The molecule has 0 spiro atoms. The SMILES string of the molecule is COc1ccc(-n2c(SCC(=O)NC3CCCC3)nc3ccsc3c2=O)cc1. The molecule has 1 N–H and O–H groups in total. The van der Waals surface area contributed by atoms with Crippen LogP contribution in [-0.4, -0.2) is 34.4 Å². The summed E-state index contributed by atoms with van der Waals surface area (Å²) in [6.45, 7) is 0. The van der Waals surface area contributed by atoms with Crippen LogP contribution in [0.25, 0.3) is 15.9 Å². The molecule has 0 bridgehead atoms. The first-order valence-corrected chi connectivity index (χ1v) is 11.1. The van der Waals surface area contributed by atoms with E-state index in [4.69, 9.17) is 4.74 Å². The molecule has 0 saturated heterocycles. The maximum atomic E-state index is 13.1. The minimum Gasteiger partial charge on any atom is -0.497 e. The van der Waals surface area contributed by atoms with Crippen molar-refractivity contribution in [3.05, 3.63) is 46.1 Å². The molecule has 3 aromatic rings. The quantitative estimate of drug-likeness (QED) is 0.492. The van der Waals surface area contributed by atoms with Crippen molar-refractivity contribution in [1.29, 1.82) is 0 Å². The van der Waals surface area contributed by atoms with E-state index in [1.807, 2.05) is 35.7 Å². The Kier molecular flexibility index (Phi) is 5.68. The number of nitrogens with one attached hydrogen (secondary N) is 1. The minimum absolute atomic E-state index is 0.0159. The molecule has 0 atom stereocenters. The Hall–Kier alpha value is -2.32. The summed E-state index contributed by atoms with van der Waals surface area (Å²) in [5.41, 5.74) is 1.25. The van der Waals surface area contributed by atoms with Crippen LogP contribution in [0.5, 0.6) is 5.75 Å². The summed E-state index contributed by atoms with van der Waals surface area (Å²) in [5.74, 6) is 0.930. The normalized spacial score (nSPS) is 14.5. The summed E-state index contributed by atoms with van der Waals surface area (Å²) < 4.78 is 7.39. The molecule has 28 heavy (non-hydrogen) atoms. The van der Waals surface area contributed by atoms with Crippen molar-refractivity contribution in [2.75, 3.05) is 12.9 Å². The van der Waals surface area contributed by atoms with Crippen LogP contribution in [-0.2, 0) is 4.79 Å². The van der Waals surface area contributed by atoms with Crippen LogP contribution in [0.1, 0.15) is 25.7 Å². The van der Waals surface area contributed by atoms with Crippen molar-refractivity contribution in [2.45, 2.75) is 36.9 Å². The standard InChI is InChI=1S/C20H21N3O3S2/c1-26-15-8-6-14(7-9-15)23-19(25)18-16(10-11-27-18)22-20(23)28-12-17(24)21-13-4-2-3-5-13/h6-11,13H,2-5,12H2,1H3,(H,21,24). The van der Waals surface area contributed by atoms with Crippen LogP contribution in [0.2, 0.25) is 0 Å². The number of nitrogens with zero attached hydrogens (tertiary/aromatic N) is 2. The number of rotatable bonds is 6. The van der Waals surface area contributed by atoms with Gasteiger partial charge in [-0.25, -0.2) is 4.98 Å². The number of benzene rings is 1. The number of amides is 1. The number of thioether (sulfide) groups is 1. The van der Waals surface area contributed by atoms with E-state index >= 15 is 0 Å². The lowest BCUT2D eigenvalue weighted by molar-refractivity contribution is -0.119. The first kappa shape index (κ1) is 19.0. The molecule has 1 saturated carbocycles. The summed E-state index contributed by atoms with van der Waals surface area (Å²) in [4.78, 5) is 30.1. The maximum Gasteiger partial charge on any atom is 0.276 e. The van der Waals surface area contributed by atoms with Gasteiger partial charge < -0.3 is 10.1 Å². The fourth-order valence-electron chi connectivity index (χ4n) is 3.42. The maximum absolute atomic E-state index is 13.1. The molecule has 8 heteroatoms. The van der Waals surface area contributed by atoms with Gasteiger partial charge in [0.1, 0.15) is 10.4 Å². The molecule has 0 radical (unpaired) electrons. The number of carbonyl (C=O) groups excluding carboxylic acids is 1. The number of fused-ring (bicyclic) bond motifs is 1. The van der Waals surface area contributed by atoms with Crippen LogP contribution in [0, 0.1) is 0 Å². The Balaban J connectivity index is 1.63. The van der Waals surface area contributed by atoms with E-state index in [-0.39, 0.29) is 23.3 Å². The van der Waals surface area contributed by atoms with E-state index < -0.39 is 0 Å². The second-order valence-electron chi connectivity index (χ2n) is 6.71. The van der Waals surface area contributed by atoms with Gasteiger partial charge in [0.05, 0.1) is 24.1 Å². The molecule has 6 nitrogen and oxygen atoms in total. The van der Waals surface area contributed by atoms with Crippen molar-refractivity contribution in [2.24, 2.45) is 0 Å². The van der Waals surface area contributed by atoms with Crippen LogP contribution < -0.4 is 15.6 Å². The number of thiophene rings is 1. The lowest BCUT2D eigenvalue weighted by atomic mass is 10.2. The highest BCUT2D eigenvalue weighted by Gasteiger charge is 2.19. The fraction of sp³-hybridized carbons (Fsp3) is 0.350. The van der Waals surface area contributed by atoms with Gasteiger partial charge in [-0.15, -0.1) is 11.3 Å². The molecular weight excluding hydrogens is 394 g/mol. The first-order valence-electron chi connectivity index (χ1n) is 9.22. The lowest BCUT2D eigenvalue weighted by Crippen LogP contribution is -2.34. The molecule has 1 aliphatic rings. The highest BCUT2D eigenvalue weighted by molar-refractivity contribution is 7.99. The molecule has 2 heterocycles. The number of ether oxygens (including phenoxy) is 1. The molecular formula is C20H21N3O3S2. The van der Waals surface area contributed by atoms with Gasteiger partial charge in [-0.3, -0.25) is 14.2 Å². The van der Waals surface area contributed by atoms with Crippen molar-refractivity contribution in [1.82, 2.24) is 14.9 Å². The van der Waals surface area contributed by atoms with Gasteiger partial charge in [-0.1, -0.05) is 24.6 Å². The van der Waals surface area contributed by atoms with E-state index in [0.717, 1.165) is 12.8 Å². The van der Waals surface area contributed by atoms with Crippen molar-refractivity contribution in [3.8, 4) is 11.4 Å². The van der Waals surface area contributed by atoms with E-state index in [1.54, 1.807) is 11.7 Å². The van der Waals surface area contributed by atoms with Gasteiger partial charge in [0, 0.05) is 6.04 Å². The molecule has 1 fully saturated rings. The Morgan fingerprint density at radius 1 is 1.29 bits per heavy atom. The Morgan fingerprint density at radius 3 is 2.75 bits per heavy atom. The molecule has 2 aromatic heterocycles. The molecule has 1 amide bonds. The van der Waals surface area contributed by atoms with Crippen LogP contribution in [0.3, 0.4) is 0 Å². The topological polar surface area (TPSA) is 73.2 Å². The van der Waals surface area contributed by atoms with Crippen molar-refractivity contribution < 1.29 is 9.53 Å². The van der Waals surface area contributed by atoms with Crippen LogP contribution in [0.15, 0.2) is 45.7 Å². The number of aromatic nitrogens is 2. The van der Waals surface area contributed by atoms with E-state index in [1.165, 1.54) is 35.9 Å². The molecule has 0 unspecified atom stereocenters. The fourth-order valence-corrected chi connectivity index (χ4v) is 5.00. The minimum atomic E-state index is -0.121. The second kappa shape index (κ2) is 8.36. The predicted octanol–water partition coefficient (Wildman–Crippen LogP) is 3.61. The zero-order chi connectivity index (χ0) is 19.5. The molecule has 4 rings (SSSR count). The average Bonchev–Trinajstić information content (AvgIpc) is 3.38. The summed E-state index contributed by atoms with van der Waals surface area (Å²) in [7, 11) is 1.60. The third kappa shape index (κ3) is 3.93. The first-order chi connectivity index (χ1) is 13.7. The van der Waals surface area contributed by atoms with Gasteiger partial charge in [-0.05, 0) is 48.6 Å². The number of hydrogen-bond acceptors (Lipinski definition) is 6. The third-order valence-corrected chi connectivity index (χ3v) is 6.66. The molecule has 1 aliphatic carbocycles. The Morgan fingerprint density at radius 2 is 2.04 bits per heavy atom.